The van der Waals surface area contributed by atoms with Crippen LogP contribution in [0.25, 0.3) is 11.0 Å². The number of aromatic nitrogens is 2. The van der Waals surface area contributed by atoms with Crippen LogP contribution in [0.5, 0.6) is 0 Å². The lowest BCUT2D eigenvalue weighted by atomic mass is 9.99. The van der Waals surface area contributed by atoms with Crippen molar-refractivity contribution in [2.75, 3.05) is 0 Å². The van der Waals surface area contributed by atoms with Crippen molar-refractivity contribution in [3.63, 3.8) is 0 Å². The minimum absolute atomic E-state index is 0.249. The Kier molecular flexibility index (Phi) is 3.04. The van der Waals surface area contributed by atoms with Crippen LogP contribution >= 0.6 is 11.3 Å². The summed E-state index contributed by atoms with van der Waals surface area (Å²) in [5, 5.41) is 4.08. The lowest BCUT2D eigenvalue weighted by Gasteiger charge is -2.12. The Morgan fingerprint density at radius 3 is 2.45 bits per heavy atom. The molecule has 102 valence electrons. The molecule has 0 saturated heterocycles. The largest absolute Gasteiger partial charge is 0.320 e. The molecule has 0 saturated carbocycles. The van der Waals surface area contributed by atoms with Gasteiger partial charge in [0.1, 0.15) is 0 Å². The minimum Gasteiger partial charge on any atom is -0.320 e. The van der Waals surface area contributed by atoms with E-state index >= 15 is 0 Å². The number of thiophene rings is 1. The number of nitrogens with two attached hydrogens (primary N) is 1. The second kappa shape index (κ2) is 4.73. The smallest absolute Gasteiger partial charge is 0.314 e. The Morgan fingerprint density at radius 1 is 1.10 bits per heavy atom. The first-order chi connectivity index (χ1) is 9.56. The molecule has 0 radical (unpaired) electrons. The number of aryl methyl sites for hydroxylation is 1. The summed E-state index contributed by atoms with van der Waals surface area (Å²) < 4.78 is 0. The number of hydrogen-bond acceptors (Lipinski definition) is 4. The van der Waals surface area contributed by atoms with Gasteiger partial charge in [0.15, 0.2) is 0 Å². The van der Waals surface area contributed by atoms with Crippen LogP contribution in [-0.2, 0) is 0 Å². The van der Waals surface area contributed by atoms with Crippen LogP contribution in [0.4, 0.5) is 0 Å². The van der Waals surface area contributed by atoms with E-state index < -0.39 is 11.1 Å². The van der Waals surface area contributed by atoms with E-state index in [2.05, 4.69) is 15.3 Å². The normalized spacial score (nSPS) is 12.7. The fourth-order valence-electron chi connectivity index (χ4n) is 2.19. The summed E-state index contributed by atoms with van der Waals surface area (Å²) in [7, 11) is 0. The van der Waals surface area contributed by atoms with E-state index in [-0.39, 0.29) is 6.04 Å². The Balaban J connectivity index is 2.14. The Hall–Kier alpha value is -2.18. The summed E-state index contributed by atoms with van der Waals surface area (Å²) >= 11 is 1.61. The zero-order chi connectivity index (χ0) is 14.3. The number of benzene rings is 1. The maximum absolute atomic E-state index is 11.4. The Morgan fingerprint density at radius 2 is 1.80 bits per heavy atom. The molecule has 20 heavy (non-hydrogen) atoms. The molecule has 4 N–H and O–H groups in total. The minimum atomic E-state index is -0.657. The van der Waals surface area contributed by atoms with Gasteiger partial charge in [0.25, 0.3) is 0 Å². The molecular formula is C14H13N3O2S. The molecule has 0 amide bonds. The molecule has 0 aliphatic rings. The number of nitrogens with one attached hydrogen (secondary N) is 2. The van der Waals surface area contributed by atoms with Crippen LogP contribution in [-0.4, -0.2) is 9.97 Å². The van der Waals surface area contributed by atoms with Crippen molar-refractivity contribution >= 4 is 22.4 Å². The predicted octanol–water partition coefficient (Wildman–Crippen LogP) is 1.63. The first-order valence-corrected chi connectivity index (χ1v) is 7.05. The van der Waals surface area contributed by atoms with Crippen molar-refractivity contribution < 1.29 is 0 Å². The topological polar surface area (TPSA) is 91.7 Å². The highest BCUT2D eigenvalue weighted by Crippen LogP contribution is 2.26. The van der Waals surface area contributed by atoms with Crippen LogP contribution in [0.3, 0.4) is 0 Å². The third-order valence-corrected chi connectivity index (χ3v) is 4.22. The molecule has 0 bridgehead atoms. The van der Waals surface area contributed by atoms with E-state index in [9.17, 15) is 9.59 Å². The molecule has 1 aromatic carbocycles. The molecule has 2 heterocycles. The molecule has 1 unspecified atom stereocenters. The average molecular weight is 287 g/mol. The molecule has 3 rings (SSSR count). The zero-order valence-corrected chi connectivity index (χ0v) is 11.6. The number of fused-ring (bicyclic) bond motifs is 1. The van der Waals surface area contributed by atoms with E-state index in [1.54, 1.807) is 23.5 Å². The first kappa shape index (κ1) is 12.8. The number of rotatable bonds is 2. The zero-order valence-electron chi connectivity index (χ0n) is 10.8. The van der Waals surface area contributed by atoms with Gasteiger partial charge in [-0.3, -0.25) is 9.59 Å². The summed E-state index contributed by atoms with van der Waals surface area (Å²) in [5.41, 5.74) is 9.24. The molecular weight excluding hydrogens is 274 g/mol. The van der Waals surface area contributed by atoms with Gasteiger partial charge in [-0.2, -0.15) is 11.3 Å². The van der Waals surface area contributed by atoms with Gasteiger partial charge in [-0.1, -0.05) is 6.07 Å². The molecule has 6 heteroatoms. The van der Waals surface area contributed by atoms with Crippen molar-refractivity contribution in [3.05, 3.63) is 66.4 Å². The van der Waals surface area contributed by atoms with Crippen molar-refractivity contribution in [1.82, 2.24) is 9.97 Å². The van der Waals surface area contributed by atoms with Crippen LogP contribution in [0.2, 0.25) is 0 Å². The van der Waals surface area contributed by atoms with Gasteiger partial charge >= 0.3 is 11.1 Å². The fourth-order valence-corrected chi connectivity index (χ4v) is 3.08. The van der Waals surface area contributed by atoms with Gasteiger partial charge in [-0.25, -0.2) is 0 Å². The van der Waals surface area contributed by atoms with Crippen LogP contribution in [0.15, 0.2) is 38.5 Å². The lowest BCUT2D eigenvalue weighted by molar-refractivity contribution is 0.869. The molecule has 2 aromatic heterocycles. The van der Waals surface area contributed by atoms with Crippen molar-refractivity contribution in [2.24, 2.45) is 5.73 Å². The summed E-state index contributed by atoms with van der Waals surface area (Å²) in [4.78, 5) is 27.7. The summed E-state index contributed by atoms with van der Waals surface area (Å²) in [6.07, 6.45) is 0. The predicted molar refractivity (Wildman–Crippen MR) is 80.3 cm³/mol. The van der Waals surface area contributed by atoms with Crippen molar-refractivity contribution in [2.45, 2.75) is 13.0 Å². The first-order valence-electron chi connectivity index (χ1n) is 6.11. The van der Waals surface area contributed by atoms with Gasteiger partial charge in [-0.05, 0) is 46.5 Å². The van der Waals surface area contributed by atoms with Crippen molar-refractivity contribution in [3.8, 4) is 0 Å². The summed E-state index contributed by atoms with van der Waals surface area (Å²) in [6.45, 7) is 2.02. The molecule has 0 spiro atoms. The Bertz CT molecular complexity index is 891. The molecule has 0 aliphatic carbocycles. The maximum Gasteiger partial charge on any atom is 0.314 e. The summed E-state index contributed by atoms with van der Waals surface area (Å²) in [5.74, 6) is 0. The lowest BCUT2D eigenvalue weighted by Crippen LogP contribution is -2.29. The monoisotopic (exact) mass is 287 g/mol. The SMILES string of the molecule is Cc1cscc1C(N)c1ccc2[nH]c(=O)c(=O)[nH]c2c1. The van der Waals surface area contributed by atoms with Gasteiger partial charge < -0.3 is 15.7 Å². The van der Waals surface area contributed by atoms with Crippen LogP contribution in [0, 0.1) is 6.92 Å². The third kappa shape index (κ3) is 2.09. The van der Waals surface area contributed by atoms with Gasteiger partial charge in [0.05, 0.1) is 17.1 Å². The van der Waals surface area contributed by atoms with Crippen LogP contribution < -0.4 is 16.9 Å². The van der Waals surface area contributed by atoms with E-state index in [0.29, 0.717) is 11.0 Å². The fraction of sp³-hybridized carbons (Fsp3) is 0.143. The highest BCUT2D eigenvalue weighted by Gasteiger charge is 2.13. The van der Waals surface area contributed by atoms with E-state index in [0.717, 1.165) is 16.7 Å². The van der Waals surface area contributed by atoms with E-state index in [4.69, 9.17) is 5.73 Å². The quantitative estimate of drug-likeness (QED) is 0.626. The molecule has 0 aliphatic heterocycles. The van der Waals surface area contributed by atoms with Crippen LogP contribution in [0.1, 0.15) is 22.7 Å². The highest BCUT2D eigenvalue weighted by atomic mass is 32.1. The molecule has 3 aromatic rings. The van der Waals surface area contributed by atoms with E-state index in [1.807, 2.05) is 18.4 Å². The second-order valence-corrected chi connectivity index (χ2v) is 5.44. The maximum atomic E-state index is 11.4. The molecule has 1 atom stereocenters. The Labute approximate surface area is 118 Å². The van der Waals surface area contributed by atoms with E-state index in [1.165, 1.54) is 0 Å². The number of aromatic amines is 2. The summed E-state index contributed by atoms with van der Waals surface area (Å²) in [6, 6.07) is 5.16. The third-order valence-electron chi connectivity index (χ3n) is 3.34. The highest BCUT2D eigenvalue weighted by molar-refractivity contribution is 7.08. The standard InChI is InChI=1S/C14H13N3O2S/c1-7-5-20-6-9(7)12(15)8-2-3-10-11(4-8)17-14(19)13(18)16-10/h2-6,12H,15H2,1H3,(H,16,18)(H,17,19). The van der Waals surface area contributed by atoms with Gasteiger partial charge in [0, 0.05) is 0 Å². The number of H-pyrrole nitrogens is 2. The van der Waals surface area contributed by atoms with Gasteiger partial charge in [-0.15, -0.1) is 0 Å². The number of hydrogen-bond donors (Lipinski definition) is 3. The second-order valence-electron chi connectivity index (χ2n) is 4.70. The van der Waals surface area contributed by atoms with Gasteiger partial charge in [0.2, 0.25) is 0 Å². The molecule has 5 nitrogen and oxygen atoms in total. The molecule has 0 fully saturated rings. The average Bonchev–Trinajstić information content (AvgIpc) is 2.85. The van der Waals surface area contributed by atoms with Crippen molar-refractivity contribution in [1.29, 1.82) is 0 Å².